The second-order valence-electron chi connectivity index (χ2n) is 6.35. The molecule has 0 unspecified atom stereocenters. The molecule has 0 atom stereocenters. The molecule has 1 aliphatic rings. The lowest BCUT2D eigenvalue weighted by atomic mass is 10.0. The Morgan fingerprint density at radius 1 is 1.38 bits per heavy atom. The lowest BCUT2D eigenvalue weighted by Gasteiger charge is -2.36. The zero-order valence-electron chi connectivity index (χ0n) is 13.6. The molecule has 1 N–H and O–H groups in total. The van der Waals surface area contributed by atoms with Crippen LogP contribution >= 0.6 is 0 Å². The Labute approximate surface area is 127 Å². The van der Waals surface area contributed by atoms with Crippen molar-refractivity contribution in [3.05, 3.63) is 23.6 Å². The Bertz CT molecular complexity index is 454. The number of halogens is 1. The van der Waals surface area contributed by atoms with Crippen molar-refractivity contribution < 1.29 is 4.39 Å². The van der Waals surface area contributed by atoms with Gasteiger partial charge in [0.15, 0.2) is 0 Å². The van der Waals surface area contributed by atoms with Crippen LogP contribution in [0.5, 0.6) is 0 Å². The van der Waals surface area contributed by atoms with Crippen LogP contribution in [0.1, 0.15) is 32.3 Å². The fourth-order valence-corrected chi connectivity index (χ4v) is 2.80. The van der Waals surface area contributed by atoms with Crippen molar-refractivity contribution in [2.24, 2.45) is 0 Å². The van der Waals surface area contributed by atoms with Gasteiger partial charge in [0.25, 0.3) is 0 Å². The molecule has 2 rings (SSSR count). The van der Waals surface area contributed by atoms with E-state index in [2.05, 4.69) is 48.0 Å². The van der Waals surface area contributed by atoms with Crippen LogP contribution in [0.2, 0.25) is 0 Å². The van der Waals surface area contributed by atoms with E-state index in [4.69, 9.17) is 0 Å². The van der Waals surface area contributed by atoms with Crippen LogP contribution < -0.4 is 10.2 Å². The monoisotopic (exact) mass is 294 g/mol. The molecule has 0 amide bonds. The van der Waals surface area contributed by atoms with E-state index in [-0.39, 0.29) is 5.82 Å². The first-order chi connectivity index (χ1) is 9.97. The van der Waals surface area contributed by atoms with Gasteiger partial charge in [0.05, 0.1) is 6.20 Å². The summed E-state index contributed by atoms with van der Waals surface area (Å²) in [6, 6.07) is 2.62. The Balaban J connectivity index is 2.08. The maximum atomic E-state index is 13.5. The summed E-state index contributed by atoms with van der Waals surface area (Å²) in [6.07, 6.45) is 3.58. The molecular weight excluding hydrogens is 267 g/mol. The molecule has 0 aromatic carbocycles. The van der Waals surface area contributed by atoms with Gasteiger partial charge in [-0.05, 0) is 33.0 Å². The van der Waals surface area contributed by atoms with Crippen molar-refractivity contribution in [1.82, 2.24) is 15.2 Å². The van der Waals surface area contributed by atoms with Gasteiger partial charge in [-0.3, -0.25) is 0 Å². The van der Waals surface area contributed by atoms with E-state index in [0.717, 1.165) is 37.3 Å². The van der Waals surface area contributed by atoms with Crippen LogP contribution in [0.3, 0.4) is 0 Å². The lowest BCUT2D eigenvalue weighted by Crippen LogP contribution is -2.42. The van der Waals surface area contributed by atoms with Crippen LogP contribution in [-0.4, -0.2) is 49.2 Å². The highest BCUT2D eigenvalue weighted by molar-refractivity contribution is 5.47. The van der Waals surface area contributed by atoms with Gasteiger partial charge in [-0.25, -0.2) is 9.37 Å². The highest BCUT2D eigenvalue weighted by Crippen LogP contribution is 2.24. The van der Waals surface area contributed by atoms with E-state index in [0.29, 0.717) is 18.6 Å². The number of nitrogens with one attached hydrogen (secondary N) is 1. The molecule has 1 aromatic heterocycles. The minimum atomic E-state index is -0.262. The molecule has 1 aromatic rings. The molecule has 0 saturated carbocycles. The van der Waals surface area contributed by atoms with Gasteiger partial charge < -0.3 is 15.1 Å². The molecule has 0 bridgehead atoms. The van der Waals surface area contributed by atoms with Crippen molar-refractivity contribution >= 4 is 5.82 Å². The molecular formula is C16H27FN4. The lowest BCUT2D eigenvalue weighted by molar-refractivity contribution is 0.249. The SMILES string of the molecule is CC(C)NCc1cc(F)cnc1N1CCC(N(C)C)CC1. The molecule has 5 heteroatoms. The first-order valence-corrected chi connectivity index (χ1v) is 7.76. The molecule has 118 valence electrons. The van der Waals surface area contributed by atoms with Crippen molar-refractivity contribution in [1.29, 1.82) is 0 Å². The fraction of sp³-hybridized carbons (Fsp3) is 0.688. The third-order valence-electron chi connectivity index (χ3n) is 4.10. The first kappa shape index (κ1) is 16.2. The third-order valence-corrected chi connectivity index (χ3v) is 4.10. The average molecular weight is 294 g/mol. The molecule has 2 heterocycles. The zero-order chi connectivity index (χ0) is 15.4. The van der Waals surface area contributed by atoms with Gasteiger partial charge in [-0.1, -0.05) is 13.8 Å². The Kier molecular flexibility index (Phi) is 5.53. The minimum Gasteiger partial charge on any atom is -0.356 e. The quantitative estimate of drug-likeness (QED) is 0.902. The van der Waals surface area contributed by atoms with Crippen LogP contribution in [-0.2, 0) is 6.54 Å². The molecule has 21 heavy (non-hydrogen) atoms. The van der Waals surface area contributed by atoms with Crippen molar-refractivity contribution in [2.75, 3.05) is 32.1 Å². The maximum absolute atomic E-state index is 13.5. The van der Waals surface area contributed by atoms with Crippen molar-refractivity contribution in [3.8, 4) is 0 Å². The largest absolute Gasteiger partial charge is 0.356 e. The van der Waals surface area contributed by atoms with E-state index in [1.165, 1.54) is 6.20 Å². The first-order valence-electron chi connectivity index (χ1n) is 7.76. The molecule has 0 radical (unpaired) electrons. The summed E-state index contributed by atoms with van der Waals surface area (Å²) in [7, 11) is 4.27. The normalized spacial score (nSPS) is 17.0. The number of nitrogens with zero attached hydrogens (tertiary/aromatic N) is 3. The Hall–Kier alpha value is -1.20. The molecule has 1 fully saturated rings. The summed E-state index contributed by atoms with van der Waals surface area (Å²) in [4.78, 5) is 8.92. The molecule has 4 nitrogen and oxygen atoms in total. The highest BCUT2D eigenvalue weighted by atomic mass is 19.1. The van der Waals surface area contributed by atoms with Crippen LogP contribution in [0.4, 0.5) is 10.2 Å². The minimum absolute atomic E-state index is 0.262. The number of rotatable bonds is 5. The number of anilines is 1. The second kappa shape index (κ2) is 7.18. The van der Waals surface area contributed by atoms with Gasteiger partial charge in [0, 0.05) is 37.3 Å². The van der Waals surface area contributed by atoms with Crippen molar-refractivity contribution in [2.45, 2.75) is 45.3 Å². The summed E-state index contributed by atoms with van der Waals surface area (Å²) < 4.78 is 13.5. The number of aromatic nitrogens is 1. The summed E-state index contributed by atoms with van der Waals surface area (Å²) in [5, 5.41) is 3.35. The smallest absolute Gasteiger partial charge is 0.141 e. The van der Waals surface area contributed by atoms with Crippen molar-refractivity contribution in [3.63, 3.8) is 0 Å². The van der Waals surface area contributed by atoms with E-state index in [9.17, 15) is 4.39 Å². The van der Waals surface area contributed by atoms with E-state index in [1.54, 1.807) is 6.07 Å². The number of hydrogen-bond acceptors (Lipinski definition) is 4. The molecule has 1 aliphatic heterocycles. The number of hydrogen-bond donors (Lipinski definition) is 1. The predicted molar refractivity (Wildman–Crippen MR) is 85.1 cm³/mol. The standard InChI is InChI=1S/C16H27FN4/c1-12(2)18-10-13-9-14(17)11-19-16(13)21-7-5-15(6-8-21)20(3)4/h9,11-12,15,18H,5-8,10H2,1-4H3. The average Bonchev–Trinajstić information content (AvgIpc) is 2.45. The van der Waals surface area contributed by atoms with E-state index < -0.39 is 0 Å². The maximum Gasteiger partial charge on any atom is 0.141 e. The van der Waals surface area contributed by atoms with E-state index >= 15 is 0 Å². The van der Waals surface area contributed by atoms with Crippen LogP contribution in [0.15, 0.2) is 12.3 Å². The molecule has 0 aliphatic carbocycles. The van der Waals surface area contributed by atoms with Gasteiger partial charge in [0.2, 0.25) is 0 Å². The number of piperidine rings is 1. The van der Waals surface area contributed by atoms with E-state index in [1.807, 2.05) is 0 Å². The molecule has 1 saturated heterocycles. The fourth-order valence-electron chi connectivity index (χ4n) is 2.80. The topological polar surface area (TPSA) is 31.4 Å². The summed E-state index contributed by atoms with van der Waals surface area (Å²) in [5.74, 6) is 0.671. The summed E-state index contributed by atoms with van der Waals surface area (Å²) in [5.41, 5.74) is 0.951. The highest BCUT2D eigenvalue weighted by Gasteiger charge is 2.23. The summed E-state index contributed by atoms with van der Waals surface area (Å²) in [6.45, 7) is 6.81. The Morgan fingerprint density at radius 2 is 2.05 bits per heavy atom. The second-order valence-corrected chi connectivity index (χ2v) is 6.35. The Morgan fingerprint density at radius 3 is 2.62 bits per heavy atom. The van der Waals surface area contributed by atoms with Gasteiger partial charge in [-0.15, -0.1) is 0 Å². The number of pyridine rings is 1. The van der Waals surface area contributed by atoms with Gasteiger partial charge >= 0.3 is 0 Å². The third kappa shape index (κ3) is 4.38. The predicted octanol–water partition coefficient (Wildman–Crippen LogP) is 2.25. The van der Waals surface area contributed by atoms with Gasteiger partial charge in [0.1, 0.15) is 11.6 Å². The van der Waals surface area contributed by atoms with Crippen LogP contribution in [0, 0.1) is 5.82 Å². The molecule has 0 spiro atoms. The zero-order valence-corrected chi connectivity index (χ0v) is 13.6. The van der Waals surface area contributed by atoms with Crippen LogP contribution in [0.25, 0.3) is 0 Å². The summed E-state index contributed by atoms with van der Waals surface area (Å²) >= 11 is 0. The van der Waals surface area contributed by atoms with Gasteiger partial charge in [-0.2, -0.15) is 0 Å².